The van der Waals surface area contributed by atoms with Crippen LogP contribution in [0.3, 0.4) is 0 Å². The molecule has 0 aliphatic carbocycles. The van der Waals surface area contributed by atoms with Crippen molar-refractivity contribution >= 4 is 23.4 Å². The van der Waals surface area contributed by atoms with Gasteiger partial charge in [-0.3, -0.25) is 19.3 Å². The zero-order valence-corrected chi connectivity index (χ0v) is 16.3. The van der Waals surface area contributed by atoms with E-state index in [1.165, 1.54) is 0 Å². The normalized spacial score (nSPS) is 20.8. The third kappa shape index (κ3) is 4.14. The number of hydrogen-bond donors (Lipinski definition) is 3. The Hall–Kier alpha value is -3.19. The molecule has 2 heterocycles. The first-order chi connectivity index (χ1) is 14.0. The zero-order valence-electron chi connectivity index (χ0n) is 16.3. The molecule has 7 nitrogen and oxygen atoms in total. The molecule has 0 spiro atoms. The minimum Gasteiger partial charge on any atom is -0.347 e. The van der Waals surface area contributed by atoms with Crippen LogP contribution in [0, 0.1) is 0 Å². The lowest BCUT2D eigenvalue weighted by atomic mass is 9.90. The van der Waals surface area contributed by atoms with Crippen molar-refractivity contribution in [1.29, 1.82) is 0 Å². The number of amides is 3. The lowest BCUT2D eigenvalue weighted by Crippen LogP contribution is -2.46. The number of para-hydroxylation sites is 1. The Kier molecular flexibility index (Phi) is 5.31. The van der Waals surface area contributed by atoms with Gasteiger partial charge in [-0.15, -0.1) is 0 Å². The van der Waals surface area contributed by atoms with E-state index in [4.69, 9.17) is 0 Å². The molecule has 0 bridgehead atoms. The summed E-state index contributed by atoms with van der Waals surface area (Å²) < 4.78 is 0. The highest BCUT2D eigenvalue weighted by Crippen LogP contribution is 2.31. The van der Waals surface area contributed by atoms with E-state index in [1.807, 2.05) is 55.6 Å². The van der Waals surface area contributed by atoms with Gasteiger partial charge in [-0.1, -0.05) is 42.5 Å². The Morgan fingerprint density at radius 3 is 2.62 bits per heavy atom. The molecular formula is C22H24N4O3. The number of fused-ring (bicyclic) bond motifs is 2. The Bertz CT molecular complexity index is 959. The molecule has 7 heteroatoms. The number of hydrogen-bond acceptors (Lipinski definition) is 4. The Balaban J connectivity index is 1.39. The zero-order chi connectivity index (χ0) is 20.4. The smallest absolute Gasteiger partial charge is 0.309 e. The molecule has 0 fully saturated rings. The standard InChI is InChI=1S/C22H24N4O3/c1-26-12-14-6-2-3-7-16(14)19(13-26)25-22(29)21(28)23-11-15-10-20(27)24-18-9-5-4-8-17(15)18/h2-9,15,19H,10-13H2,1H3,(H,23,28)(H,24,27)(H,25,29). The molecule has 150 valence electrons. The van der Waals surface area contributed by atoms with E-state index in [9.17, 15) is 14.4 Å². The quantitative estimate of drug-likeness (QED) is 0.691. The molecule has 2 aliphatic rings. The van der Waals surface area contributed by atoms with Crippen molar-refractivity contribution in [2.45, 2.75) is 24.9 Å². The van der Waals surface area contributed by atoms with Crippen molar-refractivity contribution in [3.63, 3.8) is 0 Å². The van der Waals surface area contributed by atoms with Gasteiger partial charge in [0, 0.05) is 37.7 Å². The summed E-state index contributed by atoms with van der Waals surface area (Å²) in [7, 11) is 1.99. The fourth-order valence-corrected chi connectivity index (χ4v) is 4.11. The van der Waals surface area contributed by atoms with Crippen LogP contribution < -0.4 is 16.0 Å². The van der Waals surface area contributed by atoms with E-state index in [0.717, 1.165) is 28.9 Å². The Morgan fingerprint density at radius 2 is 1.79 bits per heavy atom. The maximum atomic E-state index is 12.5. The van der Waals surface area contributed by atoms with Crippen molar-refractivity contribution in [3.8, 4) is 0 Å². The van der Waals surface area contributed by atoms with E-state index in [1.54, 1.807) is 0 Å². The molecule has 2 atom stereocenters. The maximum Gasteiger partial charge on any atom is 0.309 e. The van der Waals surface area contributed by atoms with Crippen molar-refractivity contribution in [1.82, 2.24) is 15.5 Å². The third-order valence-electron chi connectivity index (χ3n) is 5.49. The number of anilines is 1. The number of nitrogens with zero attached hydrogens (tertiary/aromatic N) is 1. The van der Waals surface area contributed by atoms with E-state index in [2.05, 4.69) is 20.9 Å². The first-order valence-corrected chi connectivity index (χ1v) is 9.75. The largest absolute Gasteiger partial charge is 0.347 e. The third-order valence-corrected chi connectivity index (χ3v) is 5.49. The highest BCUT2D eigenvalue weighted by molar-refractivity contribution is 6.35. The molecule has 29 heavy (non-hydrogen) atoms. The first-order valence-electron chi connectivity index (χ1n) is 9.75. The van der Waals surface area contributed by atoms with Gasteiger partial charge in [-0.2, -0.15) is 0 Å². The van der Waals surface area contributed by atoms with Gasteiger partial charge in [0.2, 0.25) is 5.91 Å². The molecule has 2 unspecified atom stereocenters. The van der Waals surface area contributed by atoms with E-state index in [-0.39, 0.29) is 30.8 Å². The van der Waals surface area contributed by atoms with Gasteiger partial charge in [0.25, 0.3) is 0 Å². The van der Waals surface area contributed by atoms with Crippen LogP contribution in [0.5, 0.6) is 0 Å². The molecule has 3 amide bonds. The van der Waals surface area contributed by atoms with Gasteiger partial charge >= 0.3 is 11.8 Å². The van der Waals surface area contributed by atoms with Crippen molar-refractivity contribution in [2.75, 3.05) is 25.5 Å². The van der Waals surface area contributed by atoms with Gasteiger partial charge < -0.3 is 16.0 Å². The summed E-state index contributed by atoms with van der Waals surface area (Å²) in [6, 6.07) is 15.2. The second-order valence-corrected chi connectivity index (χ2v) is 7.67. The van der Waals surface area contributed by atoms with Gasteiger partial charge in [-0.25, -0.2) is 0 Å². The second-order valence-electron chi connectivity index (χ2n) is 7.67. The summed E-state index contributed by atoms with van der Waals surface area (Å²) in [5.41, 5.74) is 3.92. The molecule has 0 saturated heterocycles. The van der Waals surface area contributed by atoms with E-state index in [0.29, 0.717) is 6.54 Å². The summed E-state index contributed by atoms with van der Waals surface area (Å²) in [4.78, 5) is 38.9. The van der Waals surface area contributed by atoms with Crippen molar-refractivity contribution in [3.05, 3.63) is 65.2 Å². The first kappa shape index (κ1) is 19.1. The lowest BCUT2D eigenvalue weighted by Gasteiger charge is -2.32. The highest BCUT2D eigenvalue weighted by atomic mass is 16.2. The van der Waals surface area contributed by atoms with Crippen LogP contribution in [0.25, 0.3) is 0 Å². The Labute approximate surface area is 169 Å². The molecule has 4 rings (SSSR count). The van der Waals surface area contributed by atoms with E-state index >= 15 is 0 Å². The summed E-state index contributed by atoms with van der Waals surface area (Å²) in [5, 5.41) is 8.38. The van der Waals surface area contributed by atoms with Crippen LogP contribution in [-0.2, 0) is 20.9 Å². The van der Waals surface area contributed by atoms with Crippen LogP contribution in [-0.4, -0.2) is 42.8 Å². The summed E-state index contributed by atoms with van der Waals surface area (Å²) in [5.74, 6) is -1.58. The van der Waals surface area contributed by atoms with Gasteiger partial charge in [0.1, 0.15) is 0 Å². The average Bonchev–Trinajstić information content (AvgIpc) is 2.71. The van der Waals surface area contributed by atoms with Crippen molar-refractivity contribution in [2.24, 2.45) is 0 Å². The minimum atomic E-state index is -0.681. The van der Waals surface area contributed by atoms with Crippen LogP contribution in [0.1, 0.15) is 35.1 Å². The number of rotatable bonds is 3. The van der Waals surface area contributed by atoms with Gasteiger partial charge in [0.15, 0.2) is 0 Å². The number of carbonyl (C=O) groups is 3. The predicted molar refractivity (Wildman–Crippen MR) is 109 cm³/mol. The number of carbonyl (C=O) groups excluding carboxylic acids is 3. The molecule has 0 radical (unpaired) electrons. The predicted octanol–water partition coefficient (Wildman–Crippen LogP) is 1.53. The van der Waals surface area contributed by atoms with Crippen LogP contribution in [0.2, 0.25) is 0 Å². The number of nitrogens with one attached hydrogen (secondary N) is 3. The van der Waals surface area contributed by atoms with E-state index < -0.39 is 11.8 Å². The molecule has 3 N–H and O–H groups in total. The fraction of sp³-hybridized carbons (Fsp3) is 0.318. The summed E-state index contributed by atoms with van der Waals surface area (Å²) >= 11 is 0. The fourth-order valence-electron chi connectivity index (χ4n) is 4.11. The van der Waals surface area contributed by atoms with Crippen LogP contribution in [0.4, 0.5) is 5.69 Å². The molecule has 2 aromatic rings. The molecule has 0 aromatic heterocycles. The van der Waals surface area contributed by atoms with Crippen LogP contribution in [0.15, 0.2) is 48.5 Å². The average molecular weight is 392 g/mol. The molecule has 2 aliphatic heterocycles. The van der Waals surface area contributed by atoms with Crippen molar-refractivity contribution < 1.29 is 14.4 Å². The topological polar surface area (TPSA) is 90.5 Å². The SMILES string of the molecule is CN1Cc2ccccc2C(NC(=O)C(=O)NCC2CC(=O)Nc3ccccc32)C1. The maximum absolute atomic E-state index is 12.5. The molecule has 2 aromatic carbocycles. The van der Waals surface area contributed by atoms with Crippen LogP contribution >= 0.6 is 0 Å². The Morgan fingerprint density at radius 1 is 1.07 bits per heavy atom. The highest BCUT2D eigenvalue weighted by Gasteiger charge is 2.28. The minimum absolute atomic E-state index is 0.0887. The van der Waals surface area contributed by atoms with Gasteiger partial charge in [-0.05, 0) is 29.8 Å². The number of likely N-dealkylation sites (N-methyl/N-ethyl adjacent to an activating group) is 1. The molecular weight excluding hydrogens is 368 g/mol. The summed E-state index contributed by atoms with van der Waals surface area (Å²) in [6.07, 6.45) is 0.277. The second kappa shape index (κ2) is 8.05. The summed E-state index contributed by atoms with van der Waals surface area (Å²) in [6.45, 7) is 1.70. The number of benzene rings is 2. The van der Waals surface area contributed by atoms with Gasteiger partial charge in [0.05, 0.1) is 6.04 Å². The lowest BCUT2D eigenvalue weighted by molar-refractivity contribution is -0.139. The molecule has 0 saturated carbocycles. The monoisotopic (exact) mass is 392 g/mol.